The first-order valence-corrected chi connectivity index (χ1v) is 8.14. The van der Waals surface area contributed by atoms with Crippen molar-refractivity contribution in [3.05, 3.63) is 63.5 Å². The Bertz CT molecular complexity index is 752. The summed E-state index contributed by atoms with van der Waals surface area (Å²) in [7, 11) is 1.60. The van der Waals surface area contributed by atoms with Crippen LogP contribution in [-0.2, 0) is 6.42 Å². The Morgan fingerprint density at radius 2 is 2.14 bits per heavy atom. The lowest BCUT2D eigenvalue weighted by Crippen LogP contribution is -2.11. The molecule has 1 aromatic carbocycles. The van der Waals surface area contributed by atoms with E-state index in [9.17, 15) is 0 Å². The minimum Gasteiger partial charge on any atom is -0.495 e. The molecule has 3 aromatic rings. The van der Waals surface area contributed by atoms with Gasteiger partial charge in [-0.3, -0.25) is 0 Å². The van der Waals surface area contributed by atoms with Crippen LogP contribution in [0.5, 0.6) is 5.75 Å². The summed E-state index contributed by atoms with van der Waals surface area (Å²) in [5.41, 5.74) is 7.11. The second kappa shape index (κ2) is 6.57. The van der Waals surface area contributed by atoms with Crippen LogP contribution in [-0.4, -0.2) is 7.11 Å². The average molecular weight is 334 g/mol. The van der Waals surface area contributed by atoms with Gasteiger partial charge in [0.25, 0.3) is 0 Å². The third-order valence-corrected chi connectivity index (χ3v) is 4.73. The van der Waals surface area contributed by atoms with Crippen LogP contribution in [0.1, 0.15) is 16.7 Å². The molecule has 0 fully saturated rings. The van der Waals surface area contributed by atoms with Crippen molar-refractivity contribution >= 4 is 22.9 Å². The standard InChI is InChI=1S/C17H16ClNO2S/c1-20-16-6-4-11(9-13(16)18)15-7-5-12(21-15)10-14(19)17-3-2-8-22-17/h2-9,14H,10,19H2,1H3. The Kier molecular flexibility index (Phi) is 4.52. The van der Waals surface area contributed by atoms with Gasteiger partial charge in [-0.1, -0.05) is 17.7 Å². The van der Waals surface area contributed by atoms with Gasteiger partial charge in [-0.05, 0) is 41.8 Å². The van der Waals surface area contributed by atoms with Gasteiger partial charge >= 0.3 is 0 Å². The van der Waals surface area contributed by atoms with Gasteiger partial charge in [-0.25, -0.2) is 0 Å². The second-order valence-corrected chi connectivity index (χ2v) is 6.33. The van der Waals surface area contributed by atoms with Gasteiger partial charge in [0.05, 0.1) is 12.1 Å². The zero-order chi connectivity index (χ0) is 15.5. The maximum atomic E-state index is 6.19. The van der Waals surface area contributed by atoms with E-state index in [0.717, 1.165) is 22.0 Å². The monoisotopic (exact) mass is 333 g/mol. The summed E-state index contributed by atoms with van der Waals surface area (Å²) in [6.45, 7) is 0. The summed E-state index contributed by atoms with van der Waals surface area (Å²) in [6, 6.07) is 13.5. The molecule has 0 aliphatic rings. The van der Waals surface area contributed by atoms with Gasteiger partial charge < -0.3 is 14.9 Å². The molecule has 114 valence electrons. The third-order valence-electron chi connectivity index (χ3n) is 3.43. The topological polar surface area (TPSA) is 48.4 Å². The largest absolute Gasteiger partial charge is 0.495 e. The lowest BCUT2D eigenvalue weighted by atomic mass is 10.1. The highest BCUT2D eigenvalue weighted by atomic mass is 35.5. The highest BCUT2D eigenvalue weighted by molar-refractivity contribution is 7.10. The van der Waals surface area contributed by atoms with Crippen LogP contribution in [0.3, 0.4) is 0 Å². The maximum absolute atomic E-state index is 6.19. The lowest BCUT2D eigenvalue weighted by Gasteiger charge is -2.07. The summed E-state index contributed by atoms with van der Waals surface area (Å²) in [5.74, 6) is 2.29. The van der Waals surface area contributed by atoms with Gasteiger partial charge in [-0.15, -0.1) is 11.3 Å². The minimum absolute atomic E-state index is 0.0431. The van der Waals surface area contributed by atoms with Crippen molar-refractivity contribution in [2.75, 3.05) is 7.11 Å². The molecule has 0 aliphatic heterocycles. The summed E-state index contributed by atoms with van der Waals surface area (Å²) in [6.07, 6.45) is 0.671. The number of hydrogen-bond donors (Lipinski definition) is 1. The van der Waals surface area contributed by atoms with E-state index in [1.165, 1.54) is 0 Å². The molecular weight excluding hydrogens is 318 g/mol. The van der Waals surface area contributed by atoms with E-state index in [-0.39, 0.29) is 6.04 Å². The van der Waals surface area contributed by atoms with Gasteiger partial charge in [0.1, 0.15) is 17.3 Å². The molecule has 0 bridgehead atoms. The van der Waals surface area contributed by atoms with Crippen LogP contribution in [0.15, 0.2) is 52.3 Å². The molecule has 0 saturated carbocycles. The predicted molar refractivity (Wildman–Crippen MR) is 90.7 cm³/mol. The van der Waals surface area contributed by atoms with Crippen molar-refractivity contribution in [3.8, 4) is 17.1 Å². The fourth-order valence-corrected chi connectivity index (χ4v) is 3.27. The molecule has 22 heavy (non-hydrogen) atoms. The molecule has 0 saturated heterocycles. The van der Waals surface area contributed by atoms with E-state index in [4.69, 9.17) is 26.5 Å². The van der Waals surface area contributed by atoms with Crippen molar-refractivity contribution in [2.24, 2.45) is 5.73 Å². The zero-order valence-corrected chi connectivity index (χ0v) is 13.7. The van der Waals surface area contributed by atoms with E-state index < -0.39 is 0 Å². The molecule has 5 heteroatoms. The Hall–Kier alpha value is -1.75. The molecule has 1 atom stereocenters. The number of rotatable bonds is 5. The van der Waals surface area contributed by atoms with Crippen LogP contribution in [0.2, 0.25) is 5.02 Å². The maximum Gasteiger partial charge on any atom is 0.137 e. The molecule has 3 rings (SSSR count). The number of halogens is 1. The minimum atomic E-state index is -0.0431. The SMILES string of the molecule is COc1ccc(-c2ccc(CC(N)c3cccs3)o2)cc1Cl. The smallest absolute Gasteiger partial charge is 0.137 e. The molecular formula is C17H16ClNO2S. The van der Waals surface area contributed by atoms with Gasteiger partial charge in [0, 0.05) is 22.9 Å². The number of benzene rings is 1. The molecule has 0 aliphatic carbocycles. The van der Waals surface area contributed by atoms with Crippen molar-refractivity contribution < 1.29 is 9.15 Å². The van der Waals surface area contributed by atoms with E-state index in [1.807, 2.05) is 47.8 Å². The normalized spacial score (nSPS) is 12.3. The Balaban J connectivity index is 1.77. The number of methoxy groups -OCH3 is 1. The van der Waals surface area contributed by atoms with Crippen LogP contribution >= 0.6 is 22.9 Å². The fourth-order valence-electron chi connectivity index (χ4n) is 2.28. The average Bonchev–Trinajstić information content (AvgIpc) is 3.18. The lowest BCUT2D eigenvalue weighted by molar-refractivity contribution is 0.415. The van der Waals surface area contributed by atoms with Gasteiger partial charge in [0.15, 0.2) is 0 Å². The van der Waals surface area contributed by atoms with Crippen LogP contribution < -0.4 is 10.5 Å². The first-order valence-electron chi connectivity index (χ1n) is 6.89. The summed E-state index contributed by atoms with van der Waals surface area (Å²) in [5, 5.41) is 2.59. The molecule has 2 heterocycles. The molecule has 1 unspecified atom stereocenters. The third kappa shape index (κ3) is 3.19. The summed E-state index contributed by atoms with van der Waals surface area (Å²) >= 11 is 7.81. The molecule has 0 spiro atoms. The van der Waals surface area contributed by atoms with Crippen LogP contribution in [0.4, 0.5) is 0 Å². The van der Waals surface area contributed by atoms with E-state index >= 15 is 0 Å². The number of hydrogen-bond acceptors (Lipinski definition) is 4. The van der Waals surface area contributed by atoms with Gasteiger partial charge in [0.2, 0.25) is 0 Å². The zero-order valence-electron chi connectivity index (χ0n) is 12.1. The molecule has 2 N–H and O–H groups in total. The fraction of sp³-hybridized carbons (Fsp3) is 0.176. The van der Waals surface area contributed by atoms with Crippen molar-refractivity contribution in [1.82, 2.24) is 0 Å². The van der Waals surface area contributed by atoms with Crippen molar-refractivity contribution in [1.29, 1.82) is 0 Å². The first-order chi connectivity index (χ1) is 10.7. The Morgan fingerprint density at radius 3 is 2.82 bits per heavy atom. The van der Waals surface area contributed by atoms with Crippen LogP contribution in [0, 0.1) is 0 Å². The first kappa shape index (κ1) is 15.2. The van der Waals surface area contributed by atoms with Gasteiger partial charge in [-0.2, -0.15) is 0 Å². The highest BCUT2D eigenvalue weighted by Crippen LogP contribution is 2.32. The molecule has 2 aromatic heterocycles. The van der Waals surface area contributed by atoms with Crippen molar-refractivity contribution in [3.63, 3.8) is 0 Å². The quantitative estimate of drug-likeness (QED) is 0.721. The number of thiophene rings is 1. The number of nitrogens with two attached hydrogens (primary N) is 1. The molecule has 0 amide bonds. The highest BCUT2D eigenvalue weighted by Gasteiger charge is 2.12. The number of furan rings is 1. The summed E-state index contributed by atoms with van der Waals surface area (Å²) < 4.78 is 11.0. The van der Waals surface area contributed by atoms with E-state index in [1.54, 1.807) is 18.4 Å². The van der Waals surface area contributed by atoms with E-state index in [2.05, 4.69) is 0 Å². The second-order valence-electron chi connectivity index (χ2n) is 4.94. The summed E-state index contributed by atoms with van der Waals surface area (Å²) in [4.78, 5) is 1.16. The van der Waals surface area contributed by atoms with E-state index in [0.29, 0.717) is 17.2 Å². The number of ether oxygens (including phenoxy) is 1. The molecule has 0 radical (unpaired) electrons. The van der Waals surface area contributed by atoms with Crippen LogP contribution in [0.25, 0.3) is 11.3 Å². The Labute approximate surface area is 138 Å². The Morgan fingerprint density at radius 1 is 1.27 bits per heavy atom. The predicted octanol–water partition coefficient (Wildman–Crippen LogP) is 4.91. The van der Waals surface area contributed by atoms with Crippen molar-refractivity contribution in [2.45, 2.75) is 12.5 Å². The molecule has 3 nitrogen and oxygen atoms in total.